The fraction of sp³-hybridized carbons (Fsp3) is 0.647. The van der Waals surface area contributed by atoms with E-state index in [1.165, 1.54) is 54.7 Å². The van der Waals surface area contributed by atoms with Gasteiger partial charge in [-0.3, -0.25) is 0 Å². The number of nitrogens with one attached hydrogen (secondary N) is 1. The van der Waals surface area contributed by atoms with Crippen molar-refractivity contribution in [1.82, 2.24) is 5.32 Å². The third kappa shape index (κ3) is 3.18. The van der Waals surface area contributed by atoms with Gasteiger partial charge in [0.1, 0.15) is 0 Å². The summed E-state index contributed by atoms with van der Waals surface area (Å²) in [5, 5.41) is 4.84. The maximum Gasteiger partial charge on any atom is 0.0410 e. The van der Waals surface area contributed by atoms with Gasteiger partial charge in [0.2, 0.25) is 0 Å². The van der Waals surface area contributed by atoms with Crippen molar-refractivity contribution in [1.29, 1.82) is 0 Å². The quantitative estimate of drug-likeness (QED) is 0.798. The molecule has 0 amide bonds. The number of thioether (sulfide) groups is 1. The van der Waals surface area contributed by atoms with Crippen LogP contribution in [-0.4, -0.2) is 11.8 Å². The first-order valence-corrected chi connectivity index (χ1v) is 9.32. The molecule has 0 spiro atoms. The van der Waals surface area contributed by atoms with E-state index in [2.05, 4.69) is 24.4 Å². The van der Waals surface area contributed by atoms with Gasteiger partial charge < -0.3 is 5.32 Å². The fourth-order valence-corrected chi connectivity index (χ4v) is 5.00. The van der Waals surface area contributed by atoms with Crippen LogP contribution >= 0.6 is 23.4 Å². The largest absolute Gasteiger partial charge is 0.307 e. The van der Waals surface area contributed by atoms with E-state index in [-0.39, 0.29) is 0 Å². The summed E-state index contributed by atoms with van der Waals surface area (Å²) in [5.74, 6) is 2.08. The Labute approximate surface area is 131 Å². The minimum absolute atomic E-state index is 0.502. The highest BCUT2D eigenvalue weighted by Crippen LogP contribution is 2.39. The highest BCUT2D eigenvalue weighted by molar-refractivity contribution is 7.99. The van der Waals surface area contributed by atoms with E-state index in [4.69, 9.17) is 11.6 Å². The van der Waals surface area contributed by atoms with Crippen molar-refractivity contribution >= 4 is 23.4 Å². The lowest BCUT2D eigenvalue weighted by atomic mass is 9.82. The zero-order chi connectivity index (χ0) is 13.9. The Balaban J connectivity index is 1.76. The van der Waals surface area contributed by atoms with E-state index in [0.717, 1.165) is 10.9 Å². The number of hydrogen-bond acceptors (Lipinski definition) is 2. The summed E-state index contributed by atoms with van der Waals surface area (Å²) in [7, 11) is 0. The van der Waals surface area contributed by atoms with Crippen LogP contribution in [0.4, 0.5) is 0 Å². The molecule has 2 aliphatic rings. The Hall–Kier alpha value is -0.180. The Bertz CT molecular complexity index is 462. The van der Waals surface area contributed by atoms with Gasteiger partial charge in [0.25, 0.3) is 0 Å². The first-order chi connectivity index (χ1) is 9.78. The second-order valence-corrected chi connectivity index (χ2v) is 7.67. The highest BCUT2D eigenvalue weighted by atomic mass is 35.5. The van der Waals surface area contributed by atoms with Crippen molar-refractivity contribution in [3.8, 4) is 0 Å². The zero-order valence-electron chi connectivity index (χ0n) is 12.2. The van der Waals surface area contributed by atoms with Crippen LogP contribution in [0.15, 0.2) is 23.1 Å². The van der Waals surface area contributed by atoms with E-state index in [1.54, 1.807) is 0 Å². The molecule has 0 bridgehead atoms. The third-order valence-electron chi connectivity index (χ3n) is 4.86. The van der Waals surface area contributed by atoms with Crippen LogP contribution in [0.3, 0.4) is 0 Å². The summed E-state index contributed by atoms with van der Waals surface area (Å²) < 4.78 is 0. The molecule has 3 unspecified atom stereocenters. The molecule has 3 heteroatoms. The number of benzene rings is 1. The number of fused-ring (bicyclic) bond motifs is 1. The van der Waals surface area contributed by atoms with Gasteiger partial charge in [-0.1, -0.05) is 37.8 Å². The van der Waals surface area contributed by atoms with Crippen molar-refractivity contribution in [3.05, 3.63) is 28.8 Å². The van der Waals surface area contributed by atoms with Crippen molar-refractivity contribution in [2.45, 2.75) is 62.4 Å². The van der Waals surface area contributed by atoms with E-state index >= 15 is 0 Å². The standard InChI is InChI=1S/C17H24ClNS/c1-2-12-5-3-4-6-15(12)19-16-9-10-20-17-8-7-13(18)11-14(16)17/h7-8,11-12,15-16,19H,2-6,9-10H2,1H3. The van der Waals surface area contributed by atoms with Gasteiger partial charge in [-0.15, -0.1) is 11.8 Å². The van der Waals surface area contributed by atoms with Crippen molar-refractivity contribution in [3.63, 3.8) is 0 Å². The van der Waals surface area contributed by atoms with Gasteiger partial charge >= 0.3 is 0 Å². The molecule has 1 aliphatic heterocycles. The maximum atomic E-state index is 6.20. The van der Waals surface area contributed by atoms with Crippen LogP contribution in [0.2, 0.25) is 5.02 Å². The Morgan fingerprint density at radius 3 is 2.95 bits per heavy atom. The lowest BCUT2D eigenvalue weighted by Crippen LogP contribution is -2.41. The molecule has 1 saturated carbocycles. The molecule has 1 aromatic rings. The van der Waals surface area contributed by atoms with E-state index in [9.17, 15) is 0 Å². The molecular weight excluding hydrogens is 286 g/mol. The predicted octanol–water partition coefficient (Wildman–Crippen LogP) is 5.44. The summed E-state index contributed by atoms with van der Waals surface area (Å²) in [4.78, 5) is 1.42. The third-order valence-corrected chi connectivity index (χ3v) is 6.22. The Morgan fingerprint density at radius 1 is 1.25 bits per heavy atom. The number of halogens is 1. The molecule has 3 atom stereocenters. The smallest absolute Gasteiger partial charge is 0.0410 e. The molecule has 1 heterocycles. The molecule has 1 fully saturated rings. The molecule has 1 nitrogen and oxygen atoms in total. The summed E-state index contributed by atoms with van der Waals surface area (Å²) in [6, 6.07) is 7.58. The fourth-order valence-electron chi connectivity index (χ4n) is 3.71. The van der Waals surface area contributed by atoms with Crippen LogP contribution in [-0.2, 0) is 0 Å². The van der Waals surface area contributed by atoms with E-state index in [1.807, 2.05) is 17.8 Å². The molecule has 110 valence electrons. The molecule has 3 rings (SSSR count). The molecule has 1 N–H and O–H groups in total. The average molecular weight is 310 g/mol. The minimum atomic E-state index is 0.502. The number of rotatable bonds is 3. The SMILES string of the molecule is CCC1CCCCC1NC1CCSc2ccc(Cl)cc21. The lowest BCUT2D eigenvalue weighted by molar-refractivity contribution is 0.234. The van der Waals surface area contributed by atoms with Gasteiger partial charge in [0.15, 0.2) is 0 Å². The van der Waals surface area contributed by atoms with Crippen LogP contribution in [0, 0.1) is 5.92 Å². The van der Waals surface area contributed by atoms with Crippen LogP contribution < -0.4 is 5.32 Å². The molecule has 0 radical (unpaired) electrons. The molecule has 20 heavy (non-hydrogen) atoms. The van der Waals surface area contributed by atoms with Crippen molar-refractivity contribution in [2.75, 3.05) is 5.75 Å². The zero-order valence-corrected chi connectivity index (χ0v) is 13.8. The normalized spacial score (nSPS) is 30.0. The predicted molar refractivity (Wildman–Crippen MR) is 88.7 cm³/mol. The van der Waals surface area contributed by atoms with Crippen molar-refractivity contribution in [2.24, 2.45) is 5.92 Å². The molecule has 1 aromatic carbocycles. The highest BCUT2D eigenvalue weighted by Gasteiger charge is 2.28. The summed E-state index contributed by atoms with van der Waals surface area (Å²) in [6.07, 6.45) is 8.08. The molecule has 0 saturated heterocycles. The number of hydrogen-bond donors (Lipinski definition) is 1. The average Bonchev–Trinajstić information content (AvgIpc) is 2.48. The molecular formula is C17H24ClNS. The summed E-state index contributed by atoms with van der Waals surface area (Å²) >= 11 is 8.17. The topological polar surface area (TPSA) is 12.0 Å². The van der Waals surface area contributed by atoms with Crippen LogP contribution in [0.1, 0.15) is 57.1 Å². The summed E-state index contributed by atoms with van der Waals surface area (Å²) in [5.41, 5.74) is 1.43. The molecule has 1 aliphatic carbocycles. The maximum absolute atomic E-state index is 6.20. The second kappa shape index (κ2) is 6.72. The summed E-state index contributed by atoms with van der Waals surface area (Å²) in [6.45, 7) is 2.34. The first-order valence-electron chi connectivity index (χ1n) is 7.96. The van der Waals surface area contributed by atoms with Gasteiger partial charge in [0.05, 0.1) is 0 Å². The van der Waals surface area contributed by atoms with Gasteiger partial charge in [0, 0.05) is 22.0 Å². The Morgan fingerprint density at radius 2 is 2.10 bits per heavy atom. The minimum Gasteiger partial charge on any atom is -0.307 e. The second-order valence-electron chi connectivity index (χ2n) is 6.10. The van der Waals surface area contributed by atoms with Gasteiger partial charge in [-0.2, -0.15) is 0 Å². The van der Waals surface area contributed by atoms with Gasteiger partial charge in [-0.25, -0.2) is 0 Å². The Kier molecular flexibility index (Phi) is 4.95. The lowest BCUT2D eigenvalue weighted by Gasteiger charge is -2.36. The molecule has 0 aromatic heterocycles. The van der Waals surface area contributed by atoms with Gasteiger partial charge in [-0.05, 0) is 54.7 Å². The monoisotopic (exact) mass is 309 g/mol. The van der Waals surface area contributed by atoms with E-state index in [0.29, 0.717) is 12.1 Å². The first kappa shape index (κ1) is 14.7. The van der Waals surface area contributed by atoms with Crippen LogP contribution in [0.25, 0.3) is 0 Å². The van der Waals surface area contributed by atoms with Crippen LogP contribution in [0.5, 0.6) is 0 Å². The van der Waals surface area contributed by atoms with Crippen molar-refractivity contribution < 1.29 is 0 Å². The van der Waals surface area contributed by atoms with E-state index < -0.39 is 0 Å².